The molecule has 0 amide bonds. The Morgan fingerprint density at radius 2 is 2.31 bits per heavy atom. The van der Waals surface area contributed by atoms with Gasteiger partial charge in [-0.25, -0.2) is 4.98 Å². The van der Waals surface area contributed by atoms with Gasteiger partial charge in [0.2, 0.25) is 0 Å². The van der Waals surface area contributed by atoms with Crippen molar-refractivity contribution in [2.75, 3.05) is 0 Å². The summed E-state index contributed by atoms with van der Waals surface area (Å²) in [6.07, 6.45) is 0. The number of aromatic nitrogens is 2. The van der Waals surface area contributed by atoms with Crippen LogP contribution in [0.4, 0.5) is 0 Å². The lowest BCUT2D eigenvalue weighted by Gasteiger charge is -1.93. The van der Waals surface area contributed by atoms with Gasteiger partial charge in [-0.3, -0.25) is 0 Å². The summed E-state index contributed by atoms with van der Waals surface area (Å²) in [6, 6.07) is 3.79. The van der Waals surface area contributed by atoms with Gasteiger partial charge in [-0.05, 0) is 34.7 Å². The third kappa shape index (κ3) is 1.85. The van der Waals surface area contributed by atoms with Crippen LogP contribution in [0.2, 0.25) is 5.02 Å². The minimum atomic E-state index is 0.732. The molecule has 0 unspecified atom stereocenters. The quantitative estimate of drug-likeness (QED) is 0.601. The van der Waals surface area contributed by atoms with Crippen LogP contribution in [0.1, 0.15) is 5.82 Å². The smallest absolute Gasteiger partial charge is 0.117 e. The Labute approximate surface area is 102 Å². The number of nitrogens with one attached hydrogen (secondary N) is 1. The number of nitrogens with zero attached hydrogens (tertiary/aromatic N) is 1. The van der Waals surface area contributed by atoms with Crippen molar-refractivity contribution in [3.05, 3.63) is 26.5 Å². The molecule has 2 aromatic rings. The molecule has 13 heavy (non-hydrogen) atoms. The summed E-state index contributed by atoms with van der Waals surface area (Å²) in [4.78, 5) is 7.58. The molecule has 0 bridgehead atoms. The molecule has 0 atom stereocenters. The standard InChI is InChI=1S/C8H5BrClIN2/c9-3-7-12-6-2-4(10)1-5(11)8(6)13-7/h1-2H,3H2,(H,12,13). The Morgan fingerprint density at radius 3 is 3.00 bits per heavy atom. The molecule has 0 saturated heterocycles. The van der Waals surface area contributed by atoms with Gasteiger partial charge in [0.1, 0.15) is 11.3 Å². The van der Waals surface area contributed by atoms with Gasteiger partial charge in [0.25, 0.3) is 0 Å². The van der Waals surface area contributed by atoms with Gasteiger partial charge < -0.3 is 4.98 Å². The summed E-state index contributed by atoms with van der Waals surface area (Å²) in [5.41, 5.74) is 1.98. The number of rotatable bonds is 1. The fourth-order valence-electron chi connectivity index (χ4n) is 1.16. The van der Waals surface area contributed by atoms with Crippen molar-refractivity contribution in [2.24, 2.45) is 0 Å². The first-order valence-electron chi connectivity index (χ1n) is 3.60. The molecule has 68 valence electrons. The molecule has 2 rings (SSSR count). The van der Waals surface area contributed by atoms with Crippen LogP contribution in [0.5, 0.6) is 0 Å². The molecular weight excluding hydrogens is 366 g/mol. The maximum atomic E-state index is 5.91. The normalized spacial score (nSPS) is 11.0. The highest BCUT2D eigenvalue weighted by Crippen LogP contribution is 2.23. The number of aromatic amines is 1. The van der Waals surface area contributed by atoms with Gasteiger partial charge in [0.15, 0.2) is 0 Å². The fourth-order valence-corrected chi connectivity index (χ4v) is 2.57. The lowest BCUT2D eigenvalue weighted by atomic mass is 10.3. The predicted molar refractivity (Wildman–Crippen MR) is 66.5 cm³/mol. The largest absolute Gasteiger partial charge is 0.341 e. The van der Waals surface area contributed by atoms with Crippen molar-refractivity contribution in [3.8, 4) is 0 Å². The number of H-pyrrole nitrogens is 1. The van der Waals surface area contributed by atoms with E-state index in [1.807, 2.05) is 12.1 Å². The van der Waals surface area contributed by atoms with E-state index in [-0.39, 0.29) is 0 Å². The van der Waals surface area contributed by atoms with E-state index in [2.05, 4.69) is 48.5 Å². The van der Waals surface area contributed by atoms with Crippen LogP contribution in [-0.4, -0.2) is 9.97 Å². The molecule has 0 spiro atoms. The fraction of sp³-hybridized carbons (Fsp3) is 0.125. The van der Waals surface area contributed by atoms with E-state index < -0.39 is 0 Å². The lowest BCUT2D eigenvalue weighted by Crippen LogP contribution is -1.77. The number of imidazole rings is 1. The third-order valence-electron chi connectivity index (χ3n) is 1.68. The summed E-state index contributed by atoms with van der Waals surface area (Å²) in [7, 11) is 0. The van der Waals surface area contributed by atoms with Crippen LogP contribution in [0.3, 0.4) is 0 Å². The minimum Gasteiger partial charge on any atom is -0.341 e. The molecule has 0 aliphatic rings. The zero-order chi connectivity index (χ0) is 9.42. The summed E-state index contributed by atoms with van der Waals surface area (Å²) >= 11 is 11.5. The first-order valence-corrected chi connectivity index (χ1v) is 6.18. The second-order valence-electron chi connectivity index (χ2n) is 2.60. The Hall–Kier alpha value is 0.190. The Kier molecular flexibility index (Phi) is 2.80. The van der Waals surface area contributed by atoms with Crippen LogP contribution in [0.15, 0.2) is 12.1 Å². The number of alkyl halides is 1. The first-order chi connectivity index (χ1) is 6.20. The van der Waals surface area contributed by atoms with Crippen LogP contribution in [-0.2, 0) is 5.33 Å². The molecule has 0 radical (unpaired) electrons. The number of fused-ring (bicyclic) bond motifs is 1. The van der Waals surface area contributed by atoms with E-state index in [0.29, 0.717) is 0 Å². The first kappa shape index (κ1) is 9.73. The van der Waals surface area contributed by atoms with Crippen molar-refractivity contribution in [1.82, 2.24) is 9.97 Å². The van der Waals surface area contributed by atoms with E-state index in [9.17, 15) is 0 Å². The van der Waals surface area contributed by atoms with Gasteiger partial charge in [-0.15, -0.1) is 0 Å². The van der Waals surface area contributed by atoms with E-state index in [1.165, 1.54) is 0 Å². The zero-order valence-corrected chi connectivity index (χ0v) is 10.9. The Morgan fingerprint density at radius 1 is 1.54 bits per heavy atom. The molecule has 1 aromatic carbocycles. The Balaban J connectivity index is 2.75. The highest BCUT2D eigenvalue weighted by Gasteiger charge is 2.06. The summed E-state index contributed by atoms with van der Waals surface area (Å²) in [6.45, 7) is 0. The van der Waals surface area contributed by atoms with E-state index in [4.69, 9.17) is 11.6 Å². The maximum absolute atomic E-state index is 5.91. The molecule has 2 nitrogen and oxygen atoms in total. The van der Waals surface area contributed by atoms with Crippen LogP contribution >= 0.6 is 50.1 Å². The highest BCUT2D eigenvalue weighted by atomic mass is 127. The van der Waals surface area contributed by atoms with Crippen LogP contribution < -0.4 is 0 Å². The lowest BCUT2D eigenvalue weighted by molar-refractivity contribution is 1.15. The average Bonchev–Trinajstić information content (AvgIpc) is 2.47. The summed E-state index contributed by atoms with van der Waals surface area (Å²) < 4.78 is 1.07. The molecular formula is C8H5BrClIN2. The third-order valence-corrected chi connectivity index (χ3v) is 3.25. The van der Waals surface area contributed by atoms with Gasteiger partial charge in [-0.1, -0.05) is 27.5 Å². The molecule has 1 heterocycles. The van der Waals surface area contributed by atoms with Gasteiger partial charge >= 0.3 is 0 Å². The van der Waals surface area contributed by atoms with Crippen molar-refractivity contribution < 1.29 is 0 Å². The van der Waals surface area contributed by atoms with Gasteiger partial charge in [0.05, 0.1) is 10.8 Å². The van der Waals surface area contributed by atoms with Crippen molar-refractivity contribution >= 4 is 61.2 Å². The van der Waals surface area contributed by atoms with E-state index >= 15 is 0 Å². The number of benzene rings is 1. The van der Waals surface area contributed by atoms with E-state index in [0.717, 1.165) is 30.8 Å². The van der Waals surface area contributed by atoms with E-state index in [1.54, 1.807) is 0 Å². The van der Waals surface area contributed by atoms with Crippen molar-refractivity contribution in [1.29, 1.82) is 0 Å². The molecule has 5 heteroatoms. The zero-order valence-electron chi connectivity index (χ0n) is 6.44. The second kappa shape index (κ2) is 3.74. The molecule has 0 aliphatic carbocycles. The van der Waals surface area contributed by atoms with Crippen molar-refractivity contribution in [3.63, 3.8) is 0 Å². The average molecular weight is 371 g/mol. The molecule has 1 aromatic heterocycles. The Bertz CT molecular complexity index is 455. The topological polar surface area (TPSA) is 28.7 Å². The molecule has 0 saturated carbocycles. The SMILES string of the molecule is Clc1cc(I)c2nc(CBr)[nH]c2c1. The van der Waals surface area contributed by atoms with Crippen LogP contribution in [0.25, 0.3) is 11.0 Å². The second-order valence-corrected chi connectivity index (χ2v) is 4.76. The van der Waals surface area contributed by atoms with Gasteiger partial charge in [0, 0.05) is 8.59 Å². The number of hydrogen-bond acceptors (Lipinski definition) is 1. The molecule has 0 fully saturated rings. The van der Waals surface area contributed by atoms with Gasteiger partial charge in [-0.2, -0.15) is 0 Å². The molecule has 0 aliphatic heterocycles. The number of hydrogen-bond donors (Lipinski definition) is 1. The highest BCUT2D eigenvalue weighted by molar-refractivity contribution is 14.1. The minimum absolute atomic E-state index is 0.732. The maximum Gasteiger partial charge on any atom is 0.117 e. The number of halogens is 3. The van der Waals surface area contributed by atoms with Crippen molar-refractivity contribution in [2.45, 2.75) is 5.33 Å². The van der Waals surface area contributed by atoms with Crippen LogP contribution in [0, 0.1) is 3.57 Å². The predicted octanol–water partition coefficient (Wildman–Crippen LogP) is 3.72. The monoisotopic (exact) mass is 370 g/mol. The summed E-state index contributed by atoms with van der Waals surface area (Å²) in [5, 5.41) is 1.47. The molecule has 1 N–H and O–H groups in total. The summed E-state index contributed by atoms with van der Waals surface area (Å²) in [5.74, 6) is 0.926.